The van der Waals surface area contributed by atoms with Crippen molar-refractivity contribution in [2.45, 2.75) is 38.1 Å². The van der Waals surface area contributed by atoms with Crippen LogP contribution in [-0.2, 0) is 14.0 Å². The van der Waals surface area contributed by atoms with E-state index in [0.717, 1.165) is 6.42 Å². The van der Waals surface area contributed by atoms with Crippen molar-refractivity contribution < 1.29 is 14.0 Å². The van der Waals surface area contributed by atoms with E-state index in [-0.39, 0.29) is 12.0 Å². The molecule has 1 heterocycles. The van der Waals surface area contributed by atoms with E-state index in [1.807, 2.05) is 60.2 Å². The molecule has 2 rings (SSSR count). The number of allylic oxidation sites excluding steroid dienone is 1. The fourth-order valence-electron chi connectivity index (χ4n) is 3.03. The van der Waals surface area contributed by atoms with Gasteiger partial charge in [-0.05, 0) is 54.0 Å². The number of hydrogen-bond acceptors (Lipinski definition) is 3. The van der Waals surface area contributed by atoms with Gasteiger partial charge in [0.1, 0.15) is 0 Å². The summed E-state index contributed by atoms with van der Waals surface area (Å²) >= 11 is 0. The molecule has 7 heteroatoms. The summed E-state index contributed by atoms with van der Waals surface area (Å²) in [4.78, 5) is 0. The third kappa shape index (κ3) is 5.41. The van der Waals surface area contributed by atoms with Crippen molar-refractivity contribution in [3.05, 3.63) is 48.2 Å². The Hall–Kier alpha value is -1.17. The van der Waals surface area contributed by atoms with E-state index >= 15 is 0 Å². The molecule has 0 aliphatic carbocycles. The lowest BCUT2D eigenvalue weighted by Gasteiger charge is -2.30. The van der Waals surface area contributed by atoms with Crippen molar-refractivity contribution in [1.82, 2.24) is 14.4 Å². The highest BCUT2D eigenvalue weighted by Crippen LogP contribution is 2.44. The lowest BCUT2D eigenvalue weighted by molar-refractivity contribution is -0.139. The average Bonchev–Trinajstić information content (AvgIpc) is 2.92. The van der Waals surface area contributed by atoms with Gasteiger partial charge in [0.05, 0.1) is 12.7 Å². The van der Waals surface area contributed by atoms with Crippen LogP contribution in [0.3, 0.4) is 0 Å². The molecule has 2 unspecified atom stereocenters. The molecular weight excluding hydrogens is 349 g/mol. The first kappa shape index (κ1) is 21.1. The van der Waals surface area contributed by atoms with E-state index < -0.39 is 13.4 Å². The lowest BCUT2D eigenvalue weighted by Crippen LogP contribution is -2.28. The summed E-state index contributed by atoms with van der Waals surface area (Å²) in [7, 11) is 4.44. The molecule has 146 valence electrons. The molecule has 1 aliphatic rings. The molecule has 0 aromatic heterocycles. The van der Waals surface area contributed by atoms with E-state index in [0.29, 0.717) is 6.61 Å². The highest BCUT2D eigenvalue weighted by molar-refractivity contribution is 7.57. The quantitative estimate of drug-likeness (QED) is 0.694. The van der Waals surface area contributed by atoms with Crippen LogP contribution in [0.5, 0.6) is 0 Å². The topological polar surface area (TPSA) is 54.0 Å². The van der Waals surface area contributed by atoms with Crippen molar-refractivity contribution in [1.29, 1.82) is 0 Å². The molecule has 0 amide bonds. The number of nitrogens with one attached hydrogen (secondary N) is 1. The van der Waals surface area contributed by atoms with Gasteiger partial charge in [0, 0.05) is 12.1 Å². The van der Waals surface area contributed by atoms with Gasteiger partial charge < -0.3 is 14.6 Å². The van der Waals surface area contributed by atoms with Gasteiger partial charge >= 0.3 is 7.59 Å². The first-order valence-corrected chi connectivity index (χ1v) is 10.5. The second-order valence-electron chi connectivity index (χ2n) is 7.43. The second-order valence-corrected chi connectivity index (χ2v) is 10.4. The Morgan fingerprint density at radius 1 is 1.23 bits per heavy atom. The van der Waals surface area contributed by atoms with Gasteiger partial charge in [-0.25, -0.2) is 9.34 Å². The molecule has 1 aromatic carbocycles. The SMILES string of the molecule is CN(C)P(=O)(N/C=C\C(CC1COC(C)(C)O1)c1ccccc1)N(C)C. The molecule has 1 N–H and O–H groups in total. The van der Waals surface area contributed by atoms with Crippen LogP contribution in [0, 0.1) is 0 Å². The standard InChI is InChI=1S/C19H32N3O3P/c1-19(2)24-15-18(25-19)14-17(16-10-8-7-9-11-16)12-13-20-26(23,21(3)4)22(5)6/h7-13,17-18H,14-15H2,1-6H3,(H,20,23)/b13-12-. The van der Waals surface area contributed by atoms with Crippen molar-refractivity contribution in [2.24, 2.45) is 0 Å². The van der Waals surface area contributed by atoms with Crippen LogP contribution in [0.4, 0.5) is 0 Å². The van der Waals surface area contributed by atoms with Gasteiger partial charge in [-0.1, -0.05) is 36.4 Å². The number of ether oxygens (including phenoxy) is 2. The predicted molar refractivity (Wildman–Crippen MR) is 106 cm³/mol. The maximum absolute atomic E-state index is 13.0. The first-order chi connectivity index (χ1) is 12.1. The van der Waals surface area contributed by atoms with E-state index in [1.165, 1.54) is 5.56 Å². The first-order valence-electron chi connectivity index (χ1n) is 8.91. The Morgan fingerprint density at radius 2 is 1.85 bits per heavy atom. The molecular formula is C19H32N3O3P. The van der Waals surface area contributed by atoms with E-state index in [4.69, 9.17) is 9.47 Å². The fraction of sp³-hybridized carbons (Fsp3) is 0.579. The van der Waals surface area contributed by atoms with Gasteiger partial charge in [-0.15, -0.1) is 0 Å². The minimum absolute atomic E-state index is 0.0364. The molecule has 2 atom stereocenters. The average molecular weight is 381 g/mol. The fourth-order valence-corrected chi connectivity index (χ4v) is 4.49. The largest absolute Gasteiger partial charge is 0.348 e. The van der Waals surface area contributed by atoms with E-state index in [9.17, 15) is 4.57 Å². The van der Waals surface area contributed by atoms with Crippen molar-refractivity contribution in [3.63, 3.8) is 0 Å². The Balaban J connectivity index is 2.13. The van der Waals surface area contributed by atoms with Crippen LogP contribution in [-0.4, -0.2) is 56.0 Å². The van der Waals surface area contributed by atoms with E-state index in [2.05, 4.69) is 23.3 Å². The zero-order chi connectivity index (χ0) is 19.4. The third-order valence-electron chi connectivity index (χ3n) is 4.47. The summed E-state index contributed by atoms with van der Waals surface area (Å²) in [5.41, 5.74) is 1.20. The Labute approximate surface area is 157 Å². The normalized spacial score (nSPS) is 21.6. The maximum Gasteiger partial charge on any atom is 0.307 e. The molecule has 1 aromatic rings. The van der Waals surface area contributed by atoms with Crippen LogP contribution in [0.15, 0.2) is 42.6 Å². The summed E-state index contributed by atoms with van der Waals surface area (Å²) in [6, 6.07) is 10.3. The van der Waals surface area contributed by atoms with Crippen molar-refractivity contribution in [2.75, 3.05) is 34.8 Å². The molecule has 1 fully saturated rings. The zero-order valence-corrected chi connectivity index (χ0v) is 17.6. The molecule has 26 heavy (non-hydrogen) atoms. The molecule has 1 saturated heterocycles. The molecule has 0 spiro atoms. The third-order valence-corrected chi connectivity index (χ3v) is 7.12. The second kappa shape index (κ2) is 8.68. The summed E-state index contributed by atoms with van der Waals surface area (Å²) in [6.07, 6.45) is 4.71. The number of nitrogens with zero attached hydrogens (tertiary/aromatic N) is 2. The number of benzene rings is 1. The molecule has 0 radical (unpaired) electrons. The van der Waals surface area contributed by atoms with Gasteiger partial charge in [0.25, 0.3) is 0 Å². The maximum atomic E-state index is 13.0. The molecule has 0 saturated carbocycles. The van der Waals surface area contributed by atoms with Crippen molar-refractivity contribution >= 4 is 7.59 Å². The number of hydrogen-bond donors (Lipinski definition) is 1. The van der Waals surface area contributed by atoms with Gasteiger partial charge in [0.2, 0.25) is 0 Å². The molecule has 1 aliphatic heterocycles. The highest BCUT2D eigenvalue weighted by Gasteiger charge is 2.34. The minimum Gasteiger partial charge on any atom is -0.348 e. The van der Waals surface area contributed by atoms with E-state index in [1.54, 1.807) is 15.5 Å². The smallest absolute Gasteiger partial charge is 0.307 e. The summed E-state index contributed by atoms with van der Waals surface area (Å²) in [5.74, 6) is -0.386. The number of rotatable bonds is 8. The monoisotopic (exact) mass is 381 g/mol. The van der Waals surface area contributed by atoms with Crippen LogP contribution < -0.4 is 5.09 Å². The zero-order valence-electron chi connectivity index (χ0n) is 16.7. The van der Waals surface area contributed by atoms with Gasteiger partial charge in [0.15, 0.2) is 5.79 Å². The minimum atomic E-state index is -2.79. The molecule has 0 bridgehead atoms. The Bertz CT molecular complexity index is 635. The predicted octanol–water partition coefficient (Wildman–Crippen LogP) is 3.65. The van der Waals surface area contributed by atoms with Crippen LogP contribution in [0.1, 0.15) is 31.7 Å². The van der Waals surface area contributed by atoms with Gasteiger partial charge in [-0.2, -0.15) is 0 Å². The Kier molecular flexibility index (Phi) is 7.05. The highest BCUT2D eigenvalue weighted by atomic mass is 31.2. The van der Waals surface area contributed by atoms with Gasteiger partial charge in [-0.3, -0.25) is 4.57 Å². The summed E-state index contributed by atoms with van der Waals surface area (Å²) in [5, 5.41) is 3.09. The van der Waals surface area contributed by atoms with Crippen LogP contribution >= 0.6 is 7.59 Å². The summed E-state index contributed by atoms with van der Waals surface area (Å²) in [6.45, 7) is 4.46. The molecule has 6 nitrogen and oxygen atoms in total. The van der Waals surface area contributed by atoms with Crippen LogP contribution in [0.25, 0.3) is 0 Å². The van der Waals surface area contributed by atoms with Crippen LogP contribution in [0.2, 0.25) is 0 Å². The van der Waals surface area contributed by atoms with Crippen molar-refractivity contribution in [3.8, 4) is 0 Å². The lowest BCUT2D eigenvalue weighted by atomic mass is 9.93. The summed E-state index contributed by atoms with van der Waals surface area (Å²) < 4.78 is 28.1. The Morgan fingerprint density at radius 3 is 2.35 bits per heavy atom.